The molecule has 10 heteroatoms. The van der Waals surface area contributed by atoms with Crippen LogP contribution in [0.5, 0.6) is 5.75 Å². The van der Waals surface area contributed by atoms with Gasteiger partial charge in [0.2, 0.25) is 11.6 Å². The zero-order valence-corrected chi connectivity index (χ0v) is 17.2. The van der Waals surface area contributed by atoms with Gasteiger partial charge >= 0.3 is 5.97 Å². The van der Waals surface area contributed by atoms with E-state index < -0.39 is 40.6 Å². The van der Waals surface area contributed by atoms with Crippen LogP contribution in [0.3, 0.4) is 0 Å². The molecule has 0 aliphatic heterocycles. The van der Waals surface area contributed by atoms with Crippen LogP contribution in [0.1, 0.15) is 32.3 Å². The van der Waals surface area contributed by atoms with Gasteiger partial charge in [0.15, 0.2) is 17.4 Å². The van der Waals surface area contributed by atoms with Crippen LogP contribution in [0.2, 0.25) is 0 Å². The second-order valence-electron chi connectivity index (χ2n) is 6.09. The summed E-state index contributed by atoms with van der Waals surface area (Å²) in [5, 5.41) is 0. The number of hydrogen-bond acceptors (Lipinski definition) is 6. The molecule has 0 atom stereocenters. The Morgan fingerprint density at radius 1 is 0.667 bits per heavy atom. The van der Waals surface area contributed by atoms with Crippen LogP contribution >= 0.6 is 0 Å². The Morgan fingerprint density at radius 2 is 1.13 bits per heavy atom. The molecule has 0 fully saturated rings. The first-order chi connectivity index (χ1) is 14.4. The second-order valence-corrected chi connectivity index (χ2v) is 6.09. The van der Waals surface area contributed by atoms with E-state index in [1.54, 1.807) is 0 Å². The quantitative estimate of drug-likeness (QED) is 0.0978. The third kappa shape index (κ3) is 8.95. The Balaban J connectivity index is 2.19. The lowest BCUT2D eigenvalue weighted by molar-refractivity contribution is -0.136. The van der Waals surface area contributed by atoms with Crippen LogP contribution in [0.4, 0.5) is 17.6 Å². The molecule has 1 aromatic rings. The summed E-state index contributed by atoms with van der Waals surface area (Å²) in [6.45, 7) is 6.33. The number of carbonyl (C=O) groups excluding carboxylic acids is 1. The summed E-state index contributed by atoms with van der Waals surface area (Å²) in [5.74, 6) is -9.20. The van der Waals surface area contributed by atoms with Crippen molar-refractivity contribution in [2.75, 3.05) is 52.9 Å². The summed E-state index contributed by atoms with van der Waals surface area (Å²) in [5.41, 5.74) is -0.548. The van der Waals surface area contributed by atoms with E-state index in [-0.39, 0.29) is 32.7 Å². The maximum absolute atomic E-state index is 13.8. The molecule has 0 aliphatic rings. The van der Waals surface area contributed by atoms with Crippen LogP contribution in [-0.4, -0.2) is 58.8 Å². The zero-order valence-electron chi connectivity index (χ0n) is 17.2. The number of rotatable bonds is 16. The molecule has 0 spiro atoms. The standard InChI is InChI=1S/C20H28F4O6/c1-3-6-26-8-10-28-12-13-29-11-9-27-7-5-15(25)30-20-14(4-2)16(21)17(22)18(23)19(20)24/h3-13H2,1-2H3. The highest BCUT2D eigenvalue weighted by molar-refractivity contribution is 5.73. The van der Waals surface area contributed by atoms with Crippen molar-refractivity contribution in [3.8, 4) is 5.75 Å². The molecule has 0 unspecified atom stereocenters. The molecule has 6 nitrogen and oxygen atoms in total. The van der Waals surface area contributed by atoms with Crippen molar-refractivity contribution in [2.45, 2.75) is 33.1 Å². The minimum absolute atomic E-state index is 0.0668. The topological polar surface area (TPSA) is 63.2 Å². The summed E-state index contributed by atoms with van der Waals surface area (Å²) in [7, 11) is 0. The van der Waals surface area contributed by atoms with Gasteiger partial charge in [0.25, 0.3) is 0 Å². The first-order valence-corrected chi connectivity index (χ1v) is 9.80. The maximum atomic E-state index is 13.8. The highest BCUT2D eigenvalue weighted by Gasteiger charge is 2.27. The van der Waals surface area contributed by atoms with Crippen LogP contribution < -0.4 is 4.74 Å². The van der Waals surface area contributed by atoms with Crippen molar-refractivity contribution in [3.63, 3.8) is 0 Å². The molecule has 1 rings (SSSR count). The fourth-order valence-corrected chi connectivity index (χ4v) is 2.31. The molecule has 0 radical (unpaired) electrons. The molecule has 0 aliphatic carbocycles. The third-order valence-corrected chi connectivity index (χ3v) is 3.80. The molecule has 0 N–H and O–H groups in total. The van der Waals surface area contributed by atoms with Gasteiger partial charge in [-0.3, -0.25) is 4.79 Å². The van der Waals surface area contributed by atoms with Gasteiger partial charge < -0.3 is 23.7 Å². The molecule has 0 aromatic heterocycles. The smallest absolute Gasteiger partial charge is 0.313 e. The van der Waals surface area contributed by atoms with Crippen molar-refractivity contribution in [2.24, 2.45) is 0 Å². The predicted molar refractivity (Wildman–Crippen MR) is 99.5 cm³/mol. The zero-order chi connectivity index (χ0) is 22.4. The fourth-order valence-electron chi connectivity index (χ4n) is 2.31. The van der Waals surface area contributed by atoms with Crippen molar-refractivity contribution < 1.29 is 46.0 Å². The molecule has 0 heterocycles. The molecule has 0 amide bonds. The normalized spacial score (nSPS) is 11.1. The Hall–Kier alpha value is -1.75. The van der Waals surface area contributed by atoms with Gasteiger partial charge in [-0.2, -0.15) is 4.39 Å². The van der Waals surface area contributed by atoms with E-state index in [2.05, 4.69) is 0 Å². The van der Waals surface area contributed by atoms with E-state index in [4.69, 9.17) is 23.7 Å². The van der Waals surface area contributed by atoms with Crippen LogP contribution in [-0.2, 0) is 30.2 Å². The lowest BCUT2D eigenvalue weighted by Gasteiger charge is -2.12. The second kappa shape index (κ2) is 15.1. The number of ether oxygens (including phenoxy) is 5. The predicted octanol–water partition coefficient (Wildman–Crippen LogP) is 3.58. The average Bonchev–Trinajstić information content (AvgIpc) is 2.74. The third-order valence-electron chi connectivity index (χ3n) is 3.80. The molecule has 30 heavy (non-hydrogen) atoms. The van der Waals surface area contributed by atoms with E-state index in [9.17, 15) is 22.4 Å². The summed E-state index contributed by atoms with van der Waals surface area (Å²) >= 11 is 0. The number of esters is 1. The van der Waals surface area contributed by atoms with E-state index in [1.165, 1.54) is 6.92 Å². The van der Waals surface area contributed by atoms with Crippen LogP contribution in [0.25, 0.3) is 0 Å². The van der Waals surface area contributed by atoms with E-state index in [0.29, 0.717) is 33.0 Å². The van der Waals surface area contributed by atoms with E-state index >= 15 is 0 Å². The molecular formula is C20H28F4O6. The minimum Gasteiger partial charge on any atom is -0.423 e. The van der Waals surface area contributed by atoms with E-state index in [1.807, 2.05) is 6.92 Å². The first-order valence-electron chi connectivity index (χ1n) is 9.80. The maximum Gasteiger partial charge on any atom is 0.313 e. The van der Waals surface area contributed by atoms with Gasteiger partial charge in [-0.1, -0.05) is 13.8 Å². The van der Waals surface area contributed by atoms with Crippen molar-refractivity contribution in [1.29, 1.82) is 0 Å². The number of hydrogen-bond donors (Lipinski definition) is 0. The van der Waals surface area contributed by atoms with Crippen LogP contribution in [0.15, 0.2) is 0 Å². The Morgan fingerprint density at radius 3 is 1.63 bits per heavy atom. The molecule has 0 bridgehead atoms. The first kappa shape index (κ1) is 26.3. The monoisotopic (exact) mass is 440 g/mol. The number of halogens is 4. The van der Waals surface area contributed by atoms with Gasteiger partial charge in [0, 0.05) is 12.2 Å². The molecule has 0 saturated carbocycles. The highest BCUT2D eigenvalue weighted by atomic mass is 19.2. The summed E-state index contributed by atoms with van der Waals surface area (Å²) in [6.07, 6.45) is 0.483. The Bertz CT molecular complexity index is 657. The SMILES string of the molecule is CCCOCCOCCOCCOCCC(=O)Oc1c(F)c(F)c(F)c(F)c1CC. The van der Waals surface area contributed by atoms with Gasteiger partial charge in [-0.25, -0.2) is 13.2 Å². The van der Waals surface area contributed by atoms with Gasteiger partial charge in [0.05, 0.1) is 52.7 Å². The van der Waals surface area contributed by atoms with Crippen LogP contribution in [0, 0.1) is 23.3 Å². The summed E-state index contributed by atoms with van der Waals surface area (Å²) in [4.78, 5) is 11.8. The molecule has 172 valence electrons. The van der Waals surface area contributed by atoms with Crippen molar-refractivity contribution >= 4 is 5.97 Å². The lowest BCUT2D eigenvalue weighted by atomic mass is 10.1. The molecule has 1 aromatic carbocycles. The highest BCUT2D eigenvalue weighted by Crippen LogP contribution is 2.31. The fraction of sp³-hybridized carbons (Fsp3) is 0.650. The minimum atomic E-state index is -2.03. The van der Waals surface area contributed by atoms with Crippen molar-refractivity contribution in [3.05, 3.63) is 28.8 Å². The Labute approximate surface area is 173 Å². The van der Waals surface area contributed by atoms with Gasteiger partial charge in [-0.15, -0.1) is 0 Å². The lowest BCUT2D eigenvalue weighted by Crippen LogP contribution is -2.17. The number of carbonyl (C=O) groups is 1. The van der Waals surface area contributed by atoms with Crippen molar-refractivity contribution in [1.82, 2.24) is 0 Å². The number of benzene rings is 1. The van der Waals surface area contributed by atoms with Gasteiger partial charge in [-0.05, 0) is 12.8 Å². The Kier molecular flexibility index (Phi) is 13.2. The molecular weight excluding hydrogens is 412 g/mol. The summed E-state index contributed by atoms with van der Waals surface area (Å²) in [6, 6.07) is 0. The summed E-state index contributed by atoms with van der Waals surface area (Å²) < 4.78 is 79.8. The largest absolute Gasteiger partial charge is 0.423 e. The molecule has 0 saturated heterocycles. The van der Waals surface area contributed by atoms with E-state index in [0.717, 1.165) is 6.42 Å². The van der Waals surface area contributed by atoms with Gasteiger partial charge in [0.1, 0.15) is 0 Å². The average molecular weight is 440 g/mol.